The summed E-state index contributed by atoms with van der Waals surface area (Å²) in [7, 11) is 0. The quantitative estimate of drug-likeness (QED) is 0.850. The summed E-state index contributed by atoms with van der Waals surface area (Å²) in [4.78, 5) is 33.2. The van der Waals surface area contributed by atoms with Crippen molar-refractivity contribution in [2.45, 2.75) is 38.1 Å². The average Bonchev–Trinajstić information content (AvgIpc) is 3.12. The van der Waals surface area contributed by atoms with Crippen LogP contribution < -0.4 is 0 Å². The molecule has 1 aliphatic rings. The molecule has 1 amide bonds. The van der Waals surface area contributed by atoms with Crippen LogP contribution in [0.4, 0.5) is 4.79 Å². The number of fused-ring (bicyclic) bond motifs is 1. The summed E-state index contributed by atoms with van der Waals surface area (Å²) in [6.45, 7) is 2.39. The summed E-state index contributed by atoms with van der Waals surface area (Å²) in [6.07, 6.45) is 4.90. The predicted molar refractivity (Wildman–Crippen MR) is 82.0 cm³/mol. The summed E-state index contributed by atoms with van der Waals surface area (Å²) in [5.74, 6) is -0.134. The van der Waals surface area contributed by atoms with E-state index in [0.29, 0.717) is 24.9 Å². The second-order valence-electron chi connectivity index (χ2n) is 5.79. The molecule has 3 rings (SSSR count). The summed E-state index contributed by atoms with van der Waals surface area (Å²) in [5, 5.41) is 10.3. The summed E-state index contributed by atoms with van der Waals surface area (Å²) < 4.78 is 0. The molecule has 1 fully saturated rings. The van der Waals surface area contributed by atoms with Gasteiger partial charge in [0, 0.05) is 29.9 Å². The minimum Gasteiger partial charge on any atom is -0.465 e. The largest absolute Gasteiger partial charge is 0.465 e. The van der Waals surface area contributed by atoms with E-state index in [9.17, 15) is 14.7 Å². The first-order chi connectivity index (χ1) is 10.6. The van der Waals surface area contributed by atoms with Crippen LogP contribution in [0.3, 0.4) is 0 Å². The lowest BCUT2D eigenvalue weighted by Gasteiger charge is -2.35. The predicted octanol–water partition coefficient (Wildman–Crippen LogP) is 3.06. The fraction of sp³-hybridized carbons (Fsp3) is 0.438. The number of Topliss-reactive ketones (excluding diaryl/α,β-unsaturated/α-hetero) is 1. The number of amides is 1. The Hall–Kier alpha value is -2.37. The zero-order valence-electron chi connectivity index (χ0n) is 12.5. The zero-order valence-corrected chi connectivity index (χ0v) is 12.5. The normalized spacial score (nSPS) is 21.4. The Morgan fingerprint density at radius 1 is 1.50 bits per heavy atom. The molecule has 2 aromatic heterocycles. The van der Waals surface area contributed by atoms with Gasteiger partial charge in [0.25, 0.3) is 0 Å². The number of rotatable bonds is 4. The molecule has 2 N–H and O–H groups in total. The smallest absolute Gasteiger partial charge is 0.408 e. The molecule has 0 spiro atoms. The number of hydrogen-bond donors (Lipinski definition) is 2. The molecule has 116 valence electrons. The molecule has 2 aromatic rings. The second kappa shape index (κ2) is 5.44. The molecule has 0 radical (unpaired) electrons. The van der Waals surface area contributed by atoms with Crippen LogP contribution in [0.1, 0.15) is 43.0 Å². The number of aromatic amines is 1. The average molecular weight is 301 g/mol. The summed E-state index contributed by atoms with van der Waals surface area (Å²) in [5.41, 5.74) is 0.267. The molecule has 0 aromatic carbocycles. The van der Waals surface area contributed by atoms with Crippen molar-refractivity contribution in [2.24, 2.45) is 0 Å². The fourth-order valence-electron chi connectivity index (χ4n) is 3.51. The number of H-pyrrole nitrogens is 1. The number of pyridine rings is 1. The van der Waals surface area contributed by atoms with Crippen LogP contribution in [0.5, 0.6) is 0 Å². The third-order valence-corrected chi connectivity index (χ3v) is 4.47. The van der Waals surface area contributed by atoms with Gasteiger partial charge in [-0.25, -0.2) is 9.78 Å². The molecule has 0 saturated carbocycles. The van der Waals surface area contributed by atoms with Gasteiger partial charge in [0.2, 0.25) is 0 Å². The van der Waals surface area contributed by atoms with E-state index in [0.717, 1.165) is 23.9 Å². The SMILES string of the molecule is CCCC1(C(=O)c2cnc3[nH]ccc3c2)CCCN1C(=O)O. The van der Waals surface area contributed by atoms with Crippen molar-refractivity contribution in [3.8, 4) is 0 Å². The Morgan fingerprint density at radius 2 is 2.32 bits per heavy atom. The van der Waals surface area contributed by atoms with Crippen LogP contribution in [-0.4, -0.2) is 43.9 Å². The van der Waals surface area contributed by atoms with Crippen molar-refractivity contribution in [1.82, 2.24) is 14.9 Å². The molecule has 6 heteroatoms. The van der Waals surface area contributed by atoms with Crippen LogP contribution in [0.2, 0.25) is 0 Å². The number of likely N-dealkylation sites (tertiary alicyclic amines) is 1. The van der Waals surface area contributed by atoms with Gasteiger partial charge in [0.15, 0.2) is 5.78 Å². The van der Waals surface area contributed by atoms with Crippen LogP contribution in [-0.2, 0) is 0 Å². The number of ketones is 1. The van der Waals surface area contributed by atoms with Crippen molar-refractivity contribution < 1.29 is 14.7 Å². The zero-order chi connectivity index (χ0) is 15.7. The van der Waals surface area contributed by atoms with Gasteiger partial charge in [-0.05, 0) is 31.4 Å². The monoisotopic (exact) mass is 301 g/mol. The molecule has 1 aliphatic heterocycles. The van der Waals surface area contributed by atoms with Crippen molar-refractivity contribution in [3.05, 3.63) is 30.1 Å². The molecule has 1 saturated heterocycles. The van der Waals surface area contributed by atoms with Gasteiger partial charge < -0.3 is 10.1 Å². The lowest BCUT2D eigenvalue weighted by atomic mass is 9.83. The lowest BCUT2D eigenvalue weighted by Crippen LogP contribution is -2.52. The summed E-state index contributed by atoms with van der Waals surface area (Å²) >= 11 is 0. The highest BCUT2D eigenvalue weighted by atomic mass is 16.4. The van der Waals surface area contributed by atoms with E-state index in [4.69, 9.17) is 0 Å². The van der Waals surface area contributed by atoms with Crippen LogP contribution in [0.25, 0.3) is 11.0 Å². The minimum atomic E-state index is -1.02. The molecule has 1 atom stereocenters. The highest BCUT2D eigenvalue weighted by molar-refractivity contribution is 6.06. The van der Waals surface area contributed by atoms with Gasteiger partial charge in [-0.2, -0.15) is 0 Å². The van der Waals surface area contributed by atoms with Gasteiger partial charge in [0.1, 0.15) is 11.2 Å². The maximum atomic E-state index is 13.1. The van der Waals surface area contributed by atoms with Crippen LogP contribution in [0.15, 0.2) is 24.5 Å². The Kier molecular flexibility index (Phi) is 3.60. The molecule has 0 bridgehead atoms. The Labute approximate surface area is 128 Å². The molecule has 3 heterocycles. The highest BCUT2D eigenvalue weighted by Gasteiger charge is 2.49. The van der Waals surface area contributed by atoms with E-state index < -0.39 is 11.6 Å². The summed E-state index contributed by atoms with van der Waals surface area (Å²) in [6, 6.07) is 3.64. The molecule has 0 aliphatic carbocycles. The Bertz CT molecular complexity index is 724. The Balaban J connectivity index is 2.03. The van der Waals surface area contributed by atoms with E-state index in [1.165, 1.54) is 11.1 Å². The Morgan fingerprint density at radius 3 is 3.05 bits per heavy atom. The number of carbonyl (C=O) groups excluding carboxylic acids is 1. The van der Waals surface area contributed by atoms with E-state index in [1.807, 2.05) is 13.0 Å². The van der Waals surface area contributed by atoms with Crippen molar-refractivity contribution in [1.29, 1.82) is 0 Å². The number of nitrogens with zero attached hydrogens (tertiary/aromatic N) is 2. The topological polar surface area (TPSA) is 86.3 Å². The third kappa shape index (κ3) is 2.15. The minimum absolute atomic E-state index is 0.134. The fourth-order valence-corrected chi connectivity index (χ4v) is 3.51. The van der Waals surface area contributed by atoms with Gasteiger partial charge in [-0.15, -0.1) is 0 Å². The molecule has 22 heavy (non-hydrogen) atoms. The highest BCUT2D eigenvalue weighted by Crippen LogP contribution is 2.37. The van der Waals surface area contributed by atoms with E-state index in [2.05, 4.69) is 9.97 Å². The molecular weight excluding hydrogens is 282 g/mol. The van der Waals surface area contributed by atoms with Crippen molar-refractivity contribution >= 4 is 22.9 Å². The van der Waals surface area contributed by atoms with Crippen LogP contribution in [0, 0.1) is 0 Å². The first-order valence-corrected chi connectivity index (χ1v) is 7.57. The molecule has 6 nitrogen and oxygen atoms in total. The lowest BCUT2D eigenvalue weighted by molar-refractivity contribution is 0.0616. The maximum Gasteiger partial charge on any atom is 0.408 e. The van der Waals surface area contributed by atoms with Gasteiger partial charge in [0.05, 0.1) is 0 Å². The number of hydrogen-bond acceptors (Lipinski definition) is 3. The standard InChI is InChI=1S/C16H19N3O3/c1-2-5-16(6-3-8-19(16)15(21)22)13(20)12-9-11-4-7-17-14(11)18-10-12/h4,7,9-10H,2-3,5-6,8H2,1H3,(H,17,18)(H,21,22). The first kappa shape index (κ1) is 14.6. The third-order valence-electron chi connectivity index (χ3n) is 4.47. The van der Waals surface area contributed by atoms with Gasteiger partial charge in [-0.1, -0.05) is 13.3 Å². The second-order valence-corrected chi connectivity index (χ2v) is 5.79. The first-order valence-electron chi connectivity index (χ1n) is 7.57. The van der Waals surface area contributed by atoms with Gasteiger partial charge >= 0.3 is 6.09 Å². The molecular formula is C16H19N3O3. The van der Waals surface area contributed by atoms with Crippen LogP contribution >= 0.6 is 0 Å². The number of carbonyl (C=O) groups is 2. The molecule has 1 unspecified atom stereocenters. The number of carboxylic acid groups (broad SMARTS) is 1. The van der Waals surface area contributed by atoms with E-state index in [-0.39, 0.29) is 5.78 Å². The van der Waals surface area contributed by atoms with Crippen molar-refractivity contribution in [2.75, 3.05) is 6.54 Å². The van der Waals surface area contributed by atoms with E-state index >= 15 is 0 Å². The number of nitrogens with one attached hydrogen (secondary N) is 1. The number of aromatic nitrogens is 2. The van der Waals surface area contributed by atoms with Gasteiger partial charge in [-0.3, -0.25) is 9.69 Å². The van der Waals surface area contributed by atoms with E-state index in [1.54, 1.807) is 12.3 Å². The maximum absolute atomic E-state index is 13.1. The van der Waals surface area contributed by atoms with Crippen molar-refractivity contribution in [3.63, 3.8) is 0 Å².